The highest BCUT2D eigenvalue weighted by Crippen LogP contribution is 2.33. The summed E-state index contributed by atoms with van der Waals surface area (Å²) in [4.78, 5) is 0.198. The van der Waals surface area contributed by atoms with Crippen molar-refractivity contribution in [3.8, 4) is 11.5 Å². The summed E-state index contributed by atoms with van der Waals surface area (Å²) < 4.78 is 37.8. The lowest BCUT2D eigenvalue weighted by Crippen LogP contribution is -2.36. The zero-order valence-electron chi connectivity index (χ0n) is 10.8. The van der Waals surface area contributed by atoms with E-state index in [4.69, 9.17) is 21.1 Å². The molecule has 0 aromatic heterocycles. The number of sulfonamides is 1. The molecule has 0 spiro atoms. The molecule has 0 radical (unpaired) electrons. The van der Waals surface area contributed by atoms with Gasteiger partial charge in [-0.25, -0.2) is 13.1 Å². The Morgan fingerprint density at radius 2 is 1.90 bits per heavy atom. The summed E-state index contributed by atoms with van der Waals surface area (Å²) in [6, 6.07) is 4.66. The van der Waals surface area contributed by atoms with Crippen LogP contribution >= 0.6 is 11.6 Å². The van der Waals surface area contributed by atoms with Crippen molar-refractivity contribution in [2.45, 2.75) is 23.1 Å². The average Bonchev–Trinajstić information content (AvgIpc) is 2.42. The van der Waals surface area contributed by atoms with Gasteiger partial charge in [-0.2, -0.15) is 0 Å². The van der Waals surface area contributed by atoms with Gasteiger partial charge >= 0.3 is 0 Å². The van der Waals surface area contributed by atoms with Crippen LogP contribution in [0.4, 0.5) is 0 Å². The van der Waals surface area contributed by atoms with Crippen LogP contribution < -0.4 is 14.2 Å². The van der Waals surface area contributed by atoms with Gasteiger partial charge in [0.25, 0.3) is 0 Å². The molecular weight excluding hydrogens is 302 g/mol. The quantitative estimate of drug-likeness (QED) is 0.859. The molecule has 1 N–H and O–H groups in total. The summed E-state index contributed by atoms with van der Waals surface area (Å²) in [6.45, 7) is 1.35. The third kappa shape index (κ3) is 2.87. The third-order valence-electron chi connectivity index (χ3n) is 3.56. The minimum atomic E-state index is -3.51. The van der Waals surface area contributed by atoms with Gasteiger partial charge in [0.2, 0.25) is 10.0 Å². The van der Waals surface area contributed by atoms with Crippen LogP contribution in [0.5, 0.6) is 11.5 Å². The summed E-state index contributed by atoms with van der Waals surface area (Å²) in [5.74, 6) is 1.40. The van der Waals surface area contributed by atoms with Gasteiger partial charge in [0.15, 0.2) is 11.5 Å². The predicted octanol–water partition coefficient (Wildman–Crippen LogP) is 1.75. The fourth-order valence-corrected chi connectivity index (χ4v) is 3.96. The van der Waals surface area contributed by atoms with Gasteiger partial charge in [-0.15, -0.1) is 11.6 Å². The molecule has 0 amide bonds. The second-order valence-electron chi connectivity index (χ2n) is 5.09. The van der Waals surface area contributed by atoms with Crippen LogP contribution in [0.3, 0.4) is 0 Å². The molecule has 0 unspecified atom stereocenters. The zero-order valence-corrected chi connectivity index (χ0v) is 12.4. The van der Waals surface area contributed by atoms with Gasteiger partial charge in [-0.05, 0) is 30.9 Å². The Morgan fingerprint density at radius 3 is 2.60 bits per heavy atom. The van der Waals surface area contributed by atoms with Crippen molar-refractivity contribution in [1.29, 1.82) is 0 Å². The van der Waals surface area contributed by atoms with Crippen molar-refractivity contribution in [2.24, 2.45) is 5.92 Å². The molecule has 0 saturated heterocycles. The maximum Gasteiger partial charge on any atom is 0.240 e. The first kappa shape index (κ1) is 14.0. The highest BCUT2D eigenvalue weighted by atomic mass is 35.5. The minimum absolute atomic E-state index is 0.193. The lowest BCUT2D eigenvalue weighted by molar-refractivity contribution is 0.171. The number of hydrogen-bond donors (Lipinski definition) is 1. The normalized spacial score (nSPS) is 25.1. The average molecular weight is 318 g/mol. The van der Waals surface area contributed by atoms with Crippen molar-refractivity contribution in [2.75, 3.05) is 19.8 Å². The van der Waals surface area contributed by atoms with Crippen LogP contribution in [0.1, 0.15) is 12.8 Å². The van der Waals surface area contributed by atoms with Gasteiger partial charge < -0.3 is 9.47 Å². The molecule has 3 rings (SSSR count). The Bertz CT molecular complexity index is 598. The van der Waals surface area contributed by atoms with E-state index in [0.29, 0.717) is 37.2 Å². The predicted molar refractivity (Wildman–Crippen MR) is 75.0 cm³/mol. The van der Waals surface area contributed by atoms with Crippen molar-refractivity contribution < 1.29 is 17.9 Å². The van der Waals surface area contributed by atoms with E-state index in [1.54, 1.807) is 6.07 Å². The molecular formula is C13H16ClNO4S. The maximum absolute atomic E-state index is 12.2. The Hall–Kier alpha value is -0.980. The van der Waals surface area contributed by atoms with E-state index >= 15 is 0 Å². The molecule has 1 aromatic carbocycles. The summed E-state index contributed by atoms with van der Waals surface area (Å²) in [7, 11) is -3.51. The fraction of sp³-hybridized carbons (Fsp3) is 0.538. The first-order valence-electron chi connectivity index (χ1n) is 6.58. The van der Waals surface area contributed by atoms with Crippen molar-refractivity contribution in [3.05, 3.63) is 18.2 Å². The molecule has 2 aliphatic rings. The second kappa shape index (κ2) is 5.42. The summed E-state index contributed by atoms with van der Waals surface area (Å²) in [5, 5.41) is 0.193. The Labute approximate surface area is 123 Å². The van der Waals surface area contributed by atoms with E-state index in [2.05, 4.69) is 4.72 Å². The number of rotatable bonds is 4. The van der Waals surface area contributed by atoms with E-state index in [-0.39, 0.29) is 10.3 Å². The SMILES string of the molecule is O=S(=O)(NCC1CC(Cl)C1)c1ccc2c(c1)OCCO2. The molecule has 1 heterocycles. The highest BCUT2D eigenvalue weighted by molar-refractivity contribution is 7.89. The first-order valence-corrected chi connectivity index (χ1v) is 8.50. The molecule has 1 aromatic rings. The van der Waals surface area contributed by atoms with Crippen LogP contribution in [0.15, 0.2) is 23.1 Å². The molecule has 1 aliphatic carbocycles. The number of alkyl halides is 1. The topological polar surface area (TPSA) is 64.6 Å². The number of benzene rings is 1. The van der Waals surface area contributed by atoms with Crippen molar-refractivity contribution >= 4 is 21.6 Å². The molecule has 20 heavy (non-hydrogen) atoms. The summed E-state index contributed by atoms with van der Waals surface area (Å²) in [6.07, 6.45) is 1.73. The minimum Gasteiger partial charge on any atom is -0.486 e. The molecule has 0 bridgehead atoms. The lowest BCUT2D eigenvalue weighted by atomic mass is 9.85. The molecule has 1 fully saturated rings. The van der Waals surface area contributed by atoms with Gasteiger partial charge in [-0.3, -0.25) is 0 Å². The summed E-state index contributed by atoms with van der Waals surface area (Å²) in [5.41, 5.74) is 0. The number of fused-ring (bicyclic) bond motifs is 1. The number of halogens is 1. The molecule has 1 saturated carbocycles. The smallest absolute Gasteiger partial charge is 0.240 e. The van der Waals surface area contributed by atoms with Gasteiger partial charge in [0.1, 0.15) is 13.2 Å². The van der Waals surface area contributed by atoms with Crippen LogP contribution in [-0.4, -0.2) is 33.6 Å². The first-order chi connectivity index (χ1) is 9.54. The van der Waals surface area contributed by atoms with Crippen LogP contribution in [0, 0.1) is 5.92 Å². The van der Waals surface area contributed by atoms with E-state index in [0.717, 1.165) is 12.8 Å². The van der Waals surface area contributed by atoms with Crippen molar-refractivity contribution in [3.63, 3.8) is 0 Å². The number of nitrogens with one attached hydrogen (secondary N) is 1. The largest absolute Gasteiger partial charge is 0.486 e. The Morgan fingerprint density at radius 1 is 1.20 bits per heavy atom. The van der Waals surface area contributed by atoms with E-state index < -0.39 is 10.0 Å². The van der Waals surface area contributed by atoms with E-state index in [1.165, 1.54) is 12.1 Å². The van der Waals surface area contributed by atoms with Crippen LogP contribution in [0.2, 0.25) is 0 Å². The van der Waals surface area contributed by atoms with Gasteiger partial charge in [-0.1, -0.05) is 0 Å². The monoisotopic (exact) mass is 317 g/mol. The third-order valence-corrected chi connectivity index (χ3v) is 5.34. The Balaban J connectivity index is 1.70. The van der Waals surface area contributed by atoms with Gasteiger partial charge in [0, 0.05) is 18.0 Å². The lowest BCUT2D eigenvalue weighted by Gasteiger charge is -2.30. The molecule has 1 aliphatic heterocycles. The van der Waals surface area contributed by atoms with Crippen LogP contribution in [0.25, 0.3) is 0 Å². The Kier molecular flexibility index (Phi) is 3.79. The highest BCUT2D eigenvalue weighted by Gasteiger charge is 2.28. The second-order valence-corrected chi connectivity index (χ2v) is 7.48. The van der Waals surface area contributed by atoms with Gasteiger partial charge in [0.05, 0.1) is 4.90 Å². The standard InChI is InChI=1S/C13H16ClNO4S/c14-10-5-9(6-10)8-15-20(16,17)11-1-2-12-13(7-11)19-4-3-18-12/h1-2,7,9-10,15H,3-6,8H2. The number of ether oxygens (including phenoxy) is 2. The maximum atomic E-state index is 12.2. The number of hydrogen-bond acceptors (Lipinski definition) is 4. The molecule has 5 nitrogen and oxygen atoms in total. The summed E-state index contributed by atoms with van der Waals surface area (Å²) >= 11 is 5.88. The van der Waals surface area contributed by atoms with Crippen LogP contribution in [-0.2, 0) is 10.0 Å². The molecule has 0 atom stereocenters. The van der Waals surface area contributed by atoms with E-state index in [9.17, 15) is 8.42 Å². The zero-order chi connectivity index (χ0) is 14.2. The molecule has 110 valence electrons. The van der Waals surface area contributed by atoms with Crippen molar-refractivity contribution in [1.82, 2.24) is 4.72 Å². The van der Waals surface area contributed by atoms with E-state index in [1.807, 2.05) is 0 Å². The molecule has 7 heteroatoms. The fourth-order valence-electron chi connectivity index (χ4n) is 2.32.